The second kappa shape index (κ2) is 58.8. The van der Waals surface area contributed by atoms with Crippen LogP contribution in [0.25, 0.3) is 0 Å². The Bertz CT molecular complexity index is 1750. The maximum Gasteiger partial charge on any atom is 0.472 e. The first-order valence-corrected chi connectivity index (χ1v) is 38.7. The van der Waals surface area contributed by atoms with Crippen LogP contribution in [0.2, 0.25) is 0 Å². The zero-order valence-corrected chi connectivity index (χ0v) is 59.1. The molecule has 0 spiro atoms. The van der Waals surface area contributed by atoms with Gasteiger partial charge in [0.05, 0.1) is 26.4 Å². The normalized spacial score (nSPS) is 14.6. The van der Waals surface area contributed by atoms with E-state index in [1.807, 2.05) is 0 Å². The van der Waals surface area contributed by atoms with Crippen molar-refractivity contribution in [2.75, 3.05) is 39.6 Å². The van der Waals surface area contributed by atoms with Gasteiger partial charge in [0.2, 0.25) is 0 Å². The van der Waals surface area contributed by atoms with Crippen LogP contribution in [0, 0.1) is 23.7 Å². The van der Waals surface area contributed by atoms with E-state index in [1.165, 1.54) is 141 Å². The van der Waals surface area contributed by atoms with Gasteiger partial charge in [0.1, 0.15) is 19.3 Å². The first-order chi connectivity index (χ1) is 42.1. The molecule has 0 bridgehead atoms. The Hall–Kier alpha value is -1.94. The van der Waals surface area contributed by atoms with E-state index in [9.17, 15) is 43.2 Å². The van der Waals surface area contributed by atoms with Crippen molar-refractivity contribution in [1.82, 2.24) is 0 Å². The van der Waals surface area contributed by atoms with E-state index in [0.29, 0.717) is 37.5 Å². The van der Waals surface area contributed by atoms with Gasteiger partial charge in [-0.15, -0.1) is 0 Å². The summed E-state index contributed by atoms with van der Waals surface area (Å²) in [6.45, 7) is 14.0. The van der Waals surface area contributed by atoms with E-state index in [2.05, 4.69) is 55.4 Å². The lowest BCUT2D eigenvalue weighted by atomic mass is 9.99. The van der Waals surface area contributed by atoms with Gasteiger partial charge in [0.25, 0.3) is 0 Å². The predicted molar refractivity (Wildman–Crippen MR) is 354 cm³/mol. The third-order valence-electron chi connectivity index (χ3n) is 16.2. The van der Waals surface area contributed by atoms with Gasteiger partial charge in [-0.3, -0.25) is 37.3 Å². The summed E-state index contributed by atoms with van der Waals surface area (Å²) >= 11 is 0. The van der Waals surface area contributed by atoms with Crippen molar-refractivity contribution in [1.29, 1.82) is 0 Å². The number of aliphatic hydroxyl groups excluding tert-OH is 1. The highest BCUT2D eigenvalue weighted by molar-refractivity contribution is 7.47. The molecule has 88 heavy (non-hydrogen) atoms. The molecule has 0 amide bonds. The van der Waals surface area contributed by atoms with Crippen molar-refractivity contribution in [2.24, 2.45) is 23.7 Å². The number of aliphatic hydroxyl groups is 1. The van der Waals surface area contributed by atoms with Gasteiger partial charge in [0, 0.05) is 25.7 Å². The van der Waals surface area contributed by atoms with Gasteiger partial charge in [-0.2, -0.15) is 0 Å². The molecule has 19 heteroatoms. The van der Waals surface area contributed by atoms with Crippen molar-refractivity contribution in [2.45, 2.75) is 356 Å². The van der Waals surface area contributed by atoms with E-state index in [4.69, 9.17) is 37.0 Å². The van der Waals surface area contributed by atoms with Gasteiger partial charge in [-0.1, -0.05) is 287 Å². The molecule has 17 nitrogen and oxygen atoms in total. The smallest absolute Gasteiger partial charge is 0.462 e. The molecule has 0 aliphatic heterocycles. The number of carbonyl (C=O) groups is 4. The molecule has 4 unspecified atom stereocenters. The molecule has 0 aliphatic carbocycles. The topological polar surface area (TPSA) is 237 Å². The van der Waals surface area contributed by atoms with E-state index in [1.54, 1.807) is 0 Å². The van der Waals surface area contributed by atoms with Crippen LogP contribution >= 0.6 is 15.6 Å². The Balaban J connectivity index is 5.17. The van der Waals surface area contributed by atoms with Gasteiger partial charge in [-0.25, -0.2) is 9.13 Å². The zero-order valence-electron chi connectivity index (χ0n) is 57.3. The predicted octanol–water partition coefficient (Wildman–Crippen LogP) is 19.3. The third kappa shape index (κ3) is 61.6. The van der Waals surface area contributed by atoms with Crippen LogP contribution in [0.5, 0.6) is 0 Å². The van der Waals surface area contributed by atoms with Crippen molar-refractivity contribution in [3.63, 3.8) is 0 Å². The van der Waals surface area contributed by atoms with Crippen molar-refractivity contribution < 1.29 is 80.2 Å². The van der Waals surface area contributed by atoms with Gasteiger partial charge in [-0.05, 0) is 49.4 Å². The van der Waals surface area contributed by atoms with Crippen LogP contribution in [-0.2, 0) is 65.4 Å². The minimum atomic E-state index is -4.95. The van der Waals surface area contributed by atoms with E-state index in [-0.39, 0.29) is 25.7 Å². The summed E-state index contributed by atoms with van der Waals surface area (Å²) in [5.41, 5.74) is 0. The van der Waals surface area contributed by atoms with Crippen LogP contribution in [-0.4, -0.2) is 96.7 Å². The summed E-state index contributed by atoms with van der Waals surface area (Å²) in [5.74, 6) is 0.804. The number of ether oxygens (including phenoxy) is 4. The monoisotopic (exact) mass is 1300 g/mol. The number of rotatable bonds is 66. The average molecular weight is 1300 g/mol. The van der Waals surface area contributed by atoms with E-state index >= 15 is 0 Å². The minimum absolute atomic E-state index is 0.101. The number of phosphoric ester groups is 2. The average Bonchev–Trinajstić information content (AvgIpc) is 3.51. The molecular formula is C69H134O17P2. The Morgan fingerprint density at radius 2 is 0.545 bits per heavy atom. The maximum absolute atomic E-state index is 13.0. The molecule has 6 atom stereocenters. The number of hydrogen-bond donors (Lipinski definition) is 3. The highest BCUT2D eigenvalue weighted by Crippen LogP contribution is 2.45. The summed E-state index contributed by atoms with van der Waals surface area (Å²) in [4.78, 5) is 72.4. The minimum Gasteiger partial charge on any atom is -0.462 e. The highest BCUT2D eigenvalue weighted by Gasteiger charge is 2.30. The van der Waals surface area contributed by atoms with Crippen LogP contribution in [0.4, 0.5) is 0 Å². The Labute approximate surface area is 537 Å². The molecule has 522 valence electrons. The quantitative estimate of drug-likeness (QED) is 0.0222. The molecule has 3 N–H and O–H groups in total. The summed E-state index contributed by atoms with van der Waals surface area (Å²) in [6, 6.07) is 0. The van der Waals surface area contributed by atoms with E-state index < -0.39 is 97.5 Å². The number of phosphoric acid groups is 2. The number of carbonyl (C=O) groups excluding carboxylic acids is 4. The summed E-state index contributed by atoms with van der Waals surface area (Å²) < 4.78 is 68.1. The van der Waals surface area contributed by atoms with Crippen LogP contribution in [0.1, 0.15) is 338 Å². The first kappa shape index (κ1) is 86.1. The molecular weight excluding hydrogens is 1160 g/mol. The largest absolute Gasteiger partial charge is 0.472 e. The molecule has 0 aliphatic rings. The maximum atomic E-state index is 13.0. The standard InChI is InChI=1S/C69H134O17P2/c1-9-62(8)48-40-32-23-16-14-12-10-11-13-15-17-24-33-41-49-66(71)79-55-64(85-68(73)51-43-35-26-20-22-30-38-46-60(4)5)57-83-87(75,76)81-53-63(70)54-82-88(77,78)84-58-65(86-69(74)52-44-36-28-27-31-39-47-61(6)7)56-80-67(72)50-42-34-25-19-18-21-29-37-45-59(2)3/h59-65,70H,9-58H2,1-8H3,(H,75,76)(H,77,78)/t62?,63?,64-,65-/m1/s1. The molecule has 0 aromatic carbocycles. The molecule has 0 aromatic heterocycles. The number of unbranched alkanes of at least 4 members (excludes halogenated alkanes) is 31. The van der Waals surface area contributed by atoms with Crippen molar-refractivity contribution in [3.05, 3.63) is 0 Å². The second-order valence-corrected chi connectivity index (χ2v) is 29.5. The molecule has 0 saturated carbocycles. The summed E-state index contributed by atoms with van der Waals surface area (Å²) in [7, 11) is -9.90. The molecule has 0 heterocycles. The SMILES string of the molecule is CCC(C)CCCCCCCCCCCCCCCCC(=O)OC[C@H](COP(=O)(O)OCC(O)COP(=O)(O)OC[C@@H](COC(=O)CCCCCCCCCCC(C)C)OC(=O)CCCCCCCCC(C)C)OC(=O)CCCCCCCCCC(C)C. The fourth-order valence-electron chi connectivity index (χ4n) is 10.3. The lowest BCUT2D eigenvalue weighted by Gasteiger charge is -2.21. The molecule has 0 saturated heterocycles. The summed E-state index contributed by atoms with van der Waals surface area (Å²) in [6.07, 6.45) is 40.6. The number of hydrogen-bond acceptors (Lipinski definition) is 15. The van der Waals surface area contributed by atoms with Crippen LogP contribution in [0.3, 0.4) is 0 Å². The van der Waals surface area contributed by atoms with Gasteiger partial charge in [0.15, 0.2) is 12.2 Å². The number of esters is 4. The molecule has 0 radical (unpaired) electrons. The van der Waals surface area contributed by atoms with E-state index in [0.717, 1.165) is 102 Å². The lowest BCUT2D eigenvalue weighted by Crippen LogP contribution is -2.30. The third-order valence-corrected chi connectivity index (χ3v) is 18.1. The summed E-state index contributed by atoms with van der Waals surface area (Å²) in [5, 5.41) is 10.6. The second-order valence-electron chi connectivity index (χ2n) is 26.6. The molecule has 0 fully saturated rings. The molecule has 0 rings (SSSR count). The van der Waals surface area contributed by atoms with Gasteiger partial charge < -0.3 is 33.8 Å². The first-order valence-electron chi connectivity index (χ1n) is 35.7. The van der Waals surface area contributed by atoms with Crippen LogP contribution < -0.4 is 0 Å². The molecule has 0 aromatic rings. The fourth-order valence-corrected chi connectivity index (χ4v) is 11.9. The Morgan fingerprint density at radius 1 is 0.318 bits per heavy atom. The van der Waals surface area contributed by atoms with Crippen molar-refractivity contribution in [3.8, 4) is 0 Å². The lowest BCUT2D eigenvalue weighted by molar-refractivity contribution is -0.161. The van der Waals surface area contributed by atoms with Crippen molar-refractivity contribution >= 4 is 39.5 Å². The Kier molecular flexibility index (Phi) is 57.6. The zero-order chi connectivity index (χ0) is 65.4. The Morgan fingerprint density at radius 3 is 0.807 bits per heavy atom. The van der Waals surface area contributed by atoms with Crippen LogP contribution in [0.15, 0.2) is 0 Å². The fraction of sp³-hybridized carbons (Fsp3) is 0.942. The highest BCUT2D eigenvalue weighted by atomic mass is 31.2. The van der Waals surface area contributed by atoms with Gasteiger partial charge >= 0.3 is 39.5 Å².